The maximum Gasteiger partial charge on any atom is 0.333 e. The monoisotopic (exact) mass is 741 g/mol. The van der Waals surface area contributed by atoms with Crippen molar-refractivity contribution in [3.8, 4) is 11.4 Å². The second kappa shape index (κ2) is 15.4. The zero-order chi connectivity index (χ0) is 38.0. The van der Waals surface area contributed by atoms with Crippen LogP contribution in [0.1, 0.15) is 52.6 Å². The minimum Gasteiger partial charge on any atom is -0.493 e. The molecule has 0 bridgehead atoms. The normalized spacial score (nSPS) is 20.3. The van der Waals surface area contributed by atoms with E-state index < -0.39 is 17.2 Å². The van der Waals surface area contributed by atoms with Crippen LogP contribution >= 0.6 is 0 Å². The predicted octanol–water partition coefficient (Wildman–Crippen LogP) is 6.61. The zero-order valence-electron chi connectivity index (χ0n) is 31.6. The molecule has 0 amide bonds. The quantitative estimate of drug-likeness (QED) is 0.141. The van der Waals surface area contributed by atoms with Crippen molar-refractivity contribution in [3.63, 3.8) is 0 Å². The Morgan fingerprint density at radius 1 is 0.907 bits per heavy atom. The number of aromatic nitrogens is 5. The first kappa shape index (κ1) is 37.3. The van der Waals surface area contributed by atoms with Crippen molar-refractivity contribution in [3.05, 3.63) is 119 Å². The van der Waals surface area contributed by atoms with Crippen molar-refractivity contribution in [1.82, 2.24) is 23.9 Å². The van der Waals surface area contributed by atoms with Gasteiger partial charge < -0.3 is 24.0 Å². The summed E-state index contributed by atoms with van der Waals surface area (Å²) in [6, 6.07) is 19.8. The number of nitrogens with zero attached hydrogens (tertiary/aromatic N) is 7. The number of hydrogen-bond acceptors (Lipinski definition) is 8. The van der Waals surface area contributed by atoms with E-state index in [1.807, 2.05) is 71.3 Å². The van der Waals surface area contributed by atoms with Crippen LogP contribution in [-0.2, 0) is 21.6 Å². The summed E-state index contributed by atoms with van der Waals surface area (Å²) in [6.07, 6.45) is 7.00. The van der Waals surface area contributed by atoms with Gasteiger partial charge in [0.1, 0.15) is 35.6 Å². The molecule has 2 aromatic heterocycles. The van der Waals surface area contributed by atoms with E-state index in [1.54, 1.807) is 20.1 Å². The lowest BCUT2D eigenvalue weighted by molar-refractivity contribution is -0.0702. The first-order chi connectivity index (χ1) is 25.9. The summed E-state index contributed by atoms with van der Waals surface area (Å²) < 4.78 is 52.3. The summed E-state index contributed by atoms with van der Waals surface area (Å²) in [7, 11) is 0. The van der Waals surface area contributed by atoms with Crippen LogP contribution in [0.5, 0.6) is 5.75 Å². The van der Waals surface area contributed by atoms with Crippen molar-refractivity contribution in [2.75, 3.05) is 49.2 Å². The van der Waals surface area contributed by atoms with Gasteiger partial charge in [0.2, 0.25) is 0 Å². The minimum atomic E-state index is -1.01. The summed E-state index contributed by atoms with van der Waals surface area (Å²) >= 11 is 0. The number of benzene rings is 3. The molecule has 13 heteroatoms. The Kier molecular flexibility index (Phi) is 10.6. The lowest BCUT2D eigenvalue weighted by atomic mass is 9.87. The molecule has 2 aliphatic rings. The Balaban J connectivity index is 0.912. The molecule has 3 aromatic carbocycles. The molecule has 0 N–H and O–H groups in total. The number of rotatable bonds is 12. The molecule has 0 unspecified atom stereocenters. The lowest BCUT2D eigenvalue weighted by Crippen LogP contribution is -2.46. The van der Waals surface area contributed by atoms with Gasteiger partial charge in [0, 0.05) is 67.5 Å². The third kappa shape index (κ3) is 8.22. The number of hydrogen-bond donors (Lipinski definition) is 0. The van der Waals surface area contributed by atoms with E-state index in [9.17, 15) is 13.6 Å². The Labute approximate surface area is 314 Å². The molecule has 4 atom stereocenters. The topological polar surface area (TPSA) is 91.8 Å². The molecular formula is C41H49F2N7O4. The average molecular weight is 742 g/mol. The standard InChI is InChI=1S/C41H49F2N7O4/c1-29(30(2)54-40(3,4)5)49-20-21-50(39(49)51)35-9-7-33(8-10-35)46-16-18-47(19-17-46)34-11-13-36(14-12-34)52-24-31-23-41(53-25-31,26-48-28-44-27-45-48)37-15-6-32(42)22-38(37)43/h6-15,20-22,27-31H,16-19,23-26H2,1-5H3/t29-,30-,31+,41-/m0/s1. The van der Waals surface area contributed by atoms with Crippen LogP contribution < -0.4 is 20.2 Å². The fourth-order valence-electron chi connectivity index (χ4n) is 7.58. The molecule has 11 nitrogen and oxygen atoms in total. The van der Waals surface area contributed by atoms with Gasteiger partial charge >= 0.3 is 5.69 Å². The SMILES string of the molecule is C[C@H](OC(C)(C)C)[C@H](C)n1ccn(-c2ccc(N3CCN(c4ccc(OC[C@@H]5CO[C@@](Cn6cncn6)(c6ccc(F)cc6F)C5)cc4)CC3)cc2)c1=O. The van der Waals surface area contributed by atoms with E-state index in [0.29, 0.717) is 25.2 Å². The number of halogens is 2. The summed E-state index contributed by atoms with van der Waals surface area (Å²) in [5.41, 5.74) is 1.99. The molecule has 0 aliphatic carbocycles. The Morgan fingerprint density at radius 3 is 2.17 bits per heavy atom. The summed E-state index contributed by atoms with van der Waals surface area (Å²) in [4.78, 5) is 22.0. The van der Waals surface area contributed by atoms with Crippen molar-refractivity contribution < 1.29 is 23.0 Å². The molecule has 7 rings (SSSR count). The molecule has 2 saturated heterocycles. The highest BCUT2D eigenvalue weighted by molar-refractivity contribution is 5.55. The Morgan fingerprint density at radius 2 is 1.56 bits per heavy atom. The first-order valence-corrected chi connectivity index (χ1v) is 18.6. The second-order valence-electron chi connectivity index (χ2n) is 15.4. The molecule has 0 spiro atoms. The van der Waals surface area contributed by atoms with E-state index >= 15 is 0 Å². The van der Waals surface area contributed by atoms with Gasteiger partial charge in [-0.15, -0.1) is 0 Å². The number of ether oxygens (including phenoxy) is 3. The molecule has 5 aromatic rings. The van der Waals surface area contributed by atoms with Crippen LogP contribution in [-0.4, -0.2) is 75.0 Å². The highest BCUT2D eigenvalue weighted by Crippen LogP contribution is 2.42. The van der Waals surface area contributed by atoms with Crippen LogP contribution in [0.25, 0.3) is 5.69 Å². The molecule has 2 fully saturated rings. The molecule has 0 saturated carbocycles. The predicted molar refractivity (Wildman–Crippen MR) is 204 cm³/mol. The van der Waals surface area contributed by atoms with Gasteiger partial charge in [0.05, 0.1) is 43.2 Å². The van der Waals surface area contributed by atoms with Gasteiger partial charge in [0.25, 0.3) is 0 Å². The third-order valence-electron chi connectivity index (χ3n) is 10.4. The van der Waals surface area contributed by atoms with E-state index in [4.69, 9.17) is 14.2 Å². The van der Waals surface area contributed by atoms with Crippen LogP contribution in [0.15, 0.2) is 96.6 Å². The van der Waals surface area contributed by atoms with Crippen LogP contribution in [0.4, 0.5) is 20.2 Å². The summed E-state index contributed by atoms with van der Waals surface area (Å²) in [5, 5.41) is 4.19. The van der Waals surface area contributed by atoms with Gasteiger partial charge in [-0.3, -0.25) is 9.13 Å². The van der Waals surface area contributed by atoms with Crippen LogP contribution in [0.3, 0.4) is 0 Å². The fourth-order valence-corrected chi connectivity index (χ4v) is 7.58. The molecule has 2 aliphatic heterocycles. The van der Waals surface area contributed by atoms with Crippen molar-refractivity contribution in [2.45, 2.75) is 70.9 Å². The molecule has 4 heterocycles. The van der Waals surface area contributed by atoms with Crippen molar-refractivity contribution in [2.24, 2.45) is 5.92 Å². The average Bonchev–Trinajstić information content (AvgIpc) is 3.91. The number of piperazine rings is 1. The molecule has 54 heavy (non-hydrogen) atoms. The summed E-state index contributed by atoms with van der Waals surface area (Å²) in [5.74, 6) is -0.538. The maximum atomic E-state index is 15.0. The minimum absolute atomic E-state index is 0.00667. The van der Waals surface area contributed by atoms with Gasteiger partial charge in [-0.05, 0) is 95.6 Å². The number of anilines is 2. The van der Waals surface area contributed by atoms with Gasteiger partial charge in [0.15, 0.2) is 0 Å². The maximum absolute atomic E-state index is 15.0. The highest BCUT2D eigenvalue weighted by atomic mass is 19.1. The molecular weight excluding hydrogens is 692 g/mol. The van der Waals surface area contributed by atoms with Gasteiger partial charge in [-0.2, -0.15) is 5.10 Å². The Hall–Kier alpha value is -5.01. The van der Waals surface area contributed by atoms with Crippen molar-refractivity contribution >= 4 is 11.4 Å². The van der Waals surface area contributed by atoms with E-state index in [0.717, 1.165) is 55.1 Å². The fraction of sp³-hybridized carbons (Fsp3) is 0.439. The Bertz CT molecular complexity index is 2050. The van der Waals surface area contributed by atoms with Crippen LogP contribution in [0, 0.1) is 17.6 Å². The van der Waals surface area contributed by atoms with E-state index in [2.05, 4.69) is 44.1 Å². The van der Waals surface area contributed by atoms with E-state index in [1.165, 1.54) is 18.5 Å². The van der Waals surface area contributed by atoms with E-state index in [-0.39, 0.29) is 35.9 Å². The molecule has 286 valence electrons. The molecule has 0 radical (unpaired) electrons. The van der Waals surface area contributed by atoms with Crippen LogP contribution in [0.2, 0.25) is 0 Å². The lowest BCUT2D eigenvalue weighted by Gasteiger charge is -2.37. The van der Waals surface area contributed by atoms with Gasteiger partial charge in [-0.25, -0.2) is 23.2 Å². The zero-order valence-corrected chi connectivity index (χ0v) is 31.6. The largest absolute Gasteiger partial charge is 0.493 e. The number of imidazole rings is 1. The highest BCUT2D eigenvalue weighted by Gasteiger charge is 2.44. The smallest absolute Gasteiger partial charge is 0.333 e. The first-order valence-electron chi connectivity index (χ1n) is 18.6. The second-order valence-corrected chi connectivity index (χ2v) is 15.4. The summed E-state index contributed by atoms with van der Waals surface area (Å²) in [6.45, 7) is 14.6. The third-order valence-corrected chi connectivity index (χ3v) is 10.4. The van der Waals surface area contributed by atoms with Gasteiger partial charge in [-0.1, -0.05) is 6.07 Å². The van der Waals surface area contributed by atoms with Crippen molar-refractivity contribution in [1.29, 1.82) is 0 Å².